The average molecular weight is 343 g/mol. The fraction of sp³-hybridized carbons (Fsp3) is 0.889. The third kappa shape index (κ3) is 2.80. The minimum Gasteiger partial charge on any atom is -0.411 e. The van der Waals surface area contributed by atoms with Gasteiger partial charge in [-0.3, -0.25) is 4.21 Å². The lowest BCUT2D eigenvalue weighted by atomic mass is 9.77. The van der Waals surface area contributed by atoms with E-state index in [2.05, 4.69) is 60.6 Å². The molecule has 1 unspecified atom stereocenters. The Labute approximate surface area is 140 Å². The van der Waals surface area contributed by atoms with Crippen molar-refractivity contribution in [1.82, 2.24) is 0 Å². The van der Waals surface area contributed by atoms with Crippen molar-refractivity contribution < 1.29 is 8.63 Å². The fourth-order valence-corrected chi connectivity index (χ4v) is 12.9. The van der Waals surface area contributed by atoms with Gasteiger partial charge in [0.05, 0.1) is 6.10 Å². The van der Waals surface area contributed by atoms with E-state index >= 15 is 0 Å². The van der Waals surface area contributed by atoms with E-state index in [0.29, 0.717) is 21.9 Å². The van der Waals surface area contributed by atoms with Crippen LogP contribution in [0.1, 0.15) is 61.3 Å². The molecular formula is C18H34O2SSi. The molecule has 2 rings (SSSR count). The van der Waals surface area contributed by atoms with Crippen LogP contribution in [0.4, 0.5) is 0 Å². The van der Waals surface area contributed by atoms with Crippen molar-refractivity contribution in [2.45, 2.75) is 89.3 Å². The molecule has 0 spiro atoms. The molecule has 0 aromatic rings. The van der Waals surface area contributed by atoms with Crippen LogP contribution >= 0.6 is 0 Å². The normalized spacial score (nSPS) is 35.6. The molecule has 128 valence electrons. The van der Waals surface area contributed by atoms with Crippen LogP contribution in [-0.2, 0) is 15.2 Å². The second kappa shape index (κ2) is 6.52. The molecule has 0 radical (unpaired) electrons. The molecule has 2 aliphatic rings. The standard InChI is InChI=1S/C18H34O2SSi/c1-13(2)22(14(3)4,15(5)6)20-16-12-21(19)17-10-8-9-11-18(16,17)7/h9,11,13-17H,8,10,12H2,1-7H3/t16-,17+,18+,21?/m0/s1. The Hall–Kier alpha value is 0.0669. The Morgan fingerprint density at radius 3 is 2.18 bits per heavy atom. The van der Waals surface area contributed by atoms with Crippen molar-refractivity contribution in [1.29, 1.82) is 0 Å². The van der Waals surface area contributed by atoms with Gasteiger partial charge in [-0.15, -0.1) is 0 Å². The molecule has 4 atom stereocenters. The van der Waals surface area contributed by atoms with E-state index in [4.69, 9.17) is 4.43 Å². The van der Waals surface area contributed by atoms with Gasteiger partial charge in [-0.05, 0) is 29.5 Å². The molecule has 4 heteroatoms. The first-order valence-corrected chi connectivity index (χ1v) is 12.4. The number of fused-ring (bicyclic) bond motifs is 1. The SMILES string of the molecule is CC(C)[Si](O[C@H]1CS(=O)[C@@H]2CCC=C[C@]12C)(C(C)C)C(C)C. The second-order valence-electron chi connectivity index (χ2n) is 8.31. The summed E-state index contributed by atoms with van der Waals surface area (Å²) in [5.41, 5.74) is 1.71. The van der Waals surface area contributed by atoms with Gasteiger partial charge in [0.2, 0.25) is 8.32 Å². The molecule has 2 nitrogen and oxygen atoms in total. The van der Waals surface area contributed by atoms with Crippen LogP contribution in [0.3, 0.4) is 0 Å². The monoisotopic (exact) mass is 342 g/mol. The highest BCUT2D eigenvalue weighted by Crippen LogP contribution is 2.50. The Balaban J connectivity index is 2.36. The minimum atomic E-state index is -1.91. The van der Waals surface area contributed by atoms with E-state index in [1.165, 1.54) is 0 Å². The molecule has 1 aliphatic heterocycles. The molecule has 1 aliphatic carbocycles. The summed E-state index contributed by atoms with van der Waals surface area (Å²) in [7, 11) is -2.65. The second-order valence-corrected chi connectivity index (χ2v) is 15.4. The molecule has 1 saturated heterocycles. The Kier molecular flexibility index (Phi) is 5.46. The molecule has 1 fully saturated rings. The number of hydrogen-bond donors (Lipinski definition) is 0. The predicted molar refractivity (Wildman–Crippen MR) is 99.2 cm³/mol. The third-order valence-corrected chi connectivity index (χ3v) is 14.3. The number of rotatable bonds is 5. The molecule has 1 heterocycles. The Morgan fingerprint density at radius 2 is 1.68 bits per heavy atom. The fourth-order valence-electron chi connectivity index (χ4n) is 4.99. The highest BCUT2D eigenvalue weighted by molar-refractivity contribution is 7.86. The summed E-state index contributed by atoms with van der Waals surface area (Å²) in [5, 5.41) is 0.292. The van der Waals surface area contributed by atoms with Crippen LogP contribution in [0.15, 0.2) is 12.2 Å². The van der Waals surface area contributed by atoms with Gasteiger partial charge in [0, 0.05) is 27.2 Å². The Morgan fingerprint density at radius 1 is 1.14 bits per heavy atom. The zero-order chi connectivity index (χ0) is 16.7. The van der Waals surface area contributed by atoms with Crippen LogP contribution in [0, 0.1) is 5.41 Å². The maximum Gasteiger partial charge on any atom is 0.200 e. The summed E-state index contributed by atoms with van der Waals surface area (Å²) in [4.78, 5) is 0. The summed E-state index contributed by atoms with van der Waals surface area (Å²) in [6.07, 6.45) is 6.85. The van der Waals surface area contributed by atoms with Gasteiger partial charge in [0.1, 0.15) is 0 Å². The van der Waals surface area contributed by atoms with Crippen LogP contribution in [0.2, 0.25) is 16.6 Å². The highest BCUT2D eigenvalue weighted by atomic mass is 32.2. The van der Waals surface area contributed by atoms with Crippen molar-refractivity contribution >= 4 is 19.1 Å². The highest BCUT2D eigenvalue weighted by Gasteiger charge is 2.55. The number of hydrogen-bond acceptors (Lipinski definition) is 2. The van der Waals surface area contributed by atoms with Gasteiger partial charge < -0.3 is 4.43 Å². The first-order chi connectivity index (χ1) is 10.2. The van der Waals surface area contributed by atoms with Crippen LogP contribution < -0.4 is 0 Å². The van der Waals surface area contributed by atoms with Gasteiger partial charge in [0.15, 0.2) is 0 Å². The van der Waals surface area contributed by atoms with E-state index in [1.54, 1.807) is 0 Å². The van der Waals surface area contributed by atoms with E-state index in [0.717, 1.165) is 18.6 Å². The average Bonchev–Trinajstić information content (AvgIpc) is 2.66. The van der Waals surface area contributed by atoms with E-state index in [1.807, 2.05) is 0 Å². The zero-order valence-corrected chi connectivity index (χ0v) is 17.2. The van der Waals surface area contributed by atoms with E-state index in [-0.39, 0.29) is 11.5 Å². The smallest absolute Gasteiger partial charge is 0.200 e. The molecular weight excluding hydrogens is 308 g/mol. The van der Waals surface area contributed by atoms with Crippen molar-refractivity contribution in [2.24, 2.45) is 5.41 Å². The lowest BCUT2D eigenvalue weighted by Crippen LogP contribution is -2.53. The number of allylic oxidation sites excluding steroid dienone is 1. The van der Waals surface area contributed by atoms with E-state index < -0.39 is 19.1 Å². The maximum absolute atomic E-state index is 12.6. The summed E-state index contributed by atoms with van der Waals surface area (Å²) in [6, 6.07) is 0. The van der Waals surface area contributed by atoms with Gasteiger partial charge in [0.25, 0.3) is 0 Å². The summed E-state index contributed by atoms with van der Waals surface area (Å²) in [5.74, 6) is 0.729. The van der Waals surface area contributed by atoms with Gasteiger partial charge in [-0.25, -0.2) is 0 Å². The van der Waals surface area contributed by atoms with Crippen molar-refractivity contribution in [3.8, 4) is 0 Å². The van der Waals surface area contributed by atoms with Crippen molar-refractivity contribution in [2.75, 3.05) is 5.75 Å². The first kappa shape index (κ1) is 18.4. The zero-order valence-electron chi connectivity index (χ0n) is 15.4. The largest absolute Gasteiger partial charge is 0.411 e. The molecule has 0 aromatic heterocycles. The van der Waals surface area contributed by atoms with Crippen molar-refractivity contribution in [3.63, 3.8) is 0 Å². The lowest BCUT2D eigenvalue weighted by molar-refractivity contribution is 0.0998. The topological polar surface area (TPSA) is 26.3 Å². The van der Waals surface area contributed by atoms with Gasteiger partial charge >= 0.3 is 0 Å². The maximum atomic E-state index is 12.6. The molecule has 0 amide bonds. The van der Waals surface area contributed by atoms with Crippen molar-refractivity contribution in [3.05, 3.63) is 12.2 Å². The van der Waals surface area contributed by atoms with Crippen LogP contribution in [-0.4, -0.2) is 29.6 Å². The van der Waals surface area contributed by atoms with Gasteiger partial charge in [-0.1, -0.05) is 60.6 Å². The van der Waals surface area contributed by atoms with Crippen LogP contribution in [0.25, 0.3) is 0 Å². The van der Waals surface area contributed by atoms with Crippen LogP contribution in [0.5, 0.6) is 0 Å². The molecule has 22 heavy (non-hydrogen) atoms. The summed E-state index contributed by atoms with van der Waals surface area (Å²) >= 11 is 0. The first-order valence-electron chi connectivity index (χ1n) is 8.89. The molecule has 0 saturated carbocycles. The molecule has 0 aromatic carbocycles. The lowest BCUT2D eigenvalue weighted by Gasteiger charge is -2.47. The Bertz CT molecular complexity index is 436. The summed E-state index contributed by atoms with van der Waals surface area (Å²) < 4.78 is 19.7. The quantitative estimate of drug-likeness (QED) is 0.517. The van der Waals surface area contributed by atoms with Gasteiger partial charge in [-0.2, -0.15) is 0 Å². The summed E-state index contributed by atoms with van der Waals surface area (Å²) in [6.45, 7) is 16.2. The van der Waals surface area contributed by atoms with E-state index in [9.17, 15) is 4.21 Å². The predicted octanol–water partition coefficient (Wildman–Crippen LogP) is 5.03. The third-order valence-electron chi connectivity index (χ3n) is 6.15. The molecule has 0 bridgehead atoms. The minimum absolute atomic E-state index is 0.0277. The molecule has 0 N–H and O–H groups in total.